The second kappa shape index (κ2) is 5.24. The molecule has 18 heavy (non-hydrogen) atoms. The third-order valence-electron chi connectivity index (χ3n) is 3.25. The van der Waals surface area contributed by atoms with Gasteiger partial charge in [0.05, 0.1) is 5.60 Å². The van der Waals surface area contributed by atoms with Crippen LogP contribution < -0.4 is 5.32 Å². The minimum absolute atomic E-state index is 0.464. The summed E-state index contributed by atoms with van der Waals surface area (Å²) in [7, 11) is 0. The quantitative estimate of drug-likeness (QED) is 0.890. The highest BCUT2D eigenvalue weighted by molar-refractivity contribution is 9.10. The fourth-order valence-electron chi connectivity index (χ4n) is 1.77. The van der Waals surface area contributed by atoms with Crippen molar-refractivity contribution >= 4 is 27.4 Å². The van der Waals surface area contributed by atoms with Crippen LogP contribution in [-0.4, -0.2) is 31.6 Å². The van der Waals surface area contributed by atoms with Crippen LogP contribution in [0.4, 0.5) is 5.82 Å². The van der Waals surface area contributed by atoms with Crippen molar-refractivity contribution in [3.05, 3.63) is 23.2 Å². The first kappa shape index (κ1) is 13.3. The summed E-state index contributed by atoms with van der Waals surface area (Å²) in [6, 6.07) is 0. The van der Waals surface area contributed by atoms with E-state index in [0.29, 0.717) is 25.2 Å². The molecule has 2 rings (SSSR count). The van der Waals surface area contributed by atoms with Crippen molar-refractivity contribution in [3.8, 4) is 0 Å². The number of rotatable bonds is 5. The maximum atomic E-state index is 10.3. The van der Waals surface area contributed by atoms with Gasteiger partial charge in [-0.2, -0.15) is 0 Å². The van der Waals surface area contributed by atoms with Crippen LogP contribution in [0.5, 0.6) is 0 Å². The van der Waals surface area contributed by atoms with Gasteiger partial charge in [0.2, 0.25) is 0 Å². The molecule has 0 aliphatic rings. The molecule has 0 bridgehead atoms. The van der Waals surface area contributed by atoms with Crippen molar-refractivity contribution in [2.45, 2.75) is 32.3 Å². The minimum atomic E-state index is -0.701. The molecule has 2 heterocycles. The lowest BCUT2D eigenvalue weighted by Gasteiger charge is -2.25. The summed E-state index contributed by atoms with van der Waals surface area (Å²) in [6.07, 6.45) is 6.84. The zero-order chi connectivity index (χ0) is 13.2. The van der Waals surface area contributed by atoms with Gasteiger partial charge in [-0.1, -0.05) is 13.8 Å². The molecule has 0 radical (unpaired) electrons. The molecule has 6 heteroatoms. The summed E-state index contributed by atoms with van der Waals surface area (Å²) in [5, 5.41) is 13.4. The van der Waals surface area contributed by atoms with Crippen molar-refractivity contribution < 1.29 is 5.11 Å². The number of hydrogen-bond donors (Lipinski definition) is 2. The highest BCUT2D eigenvalue weighted by atomic mass is 79.9. The molecule has 0 saturated heterocycles. The van der Waals surface area contributed by atoms with Gasteiger partial charge in [-0.25, -0.2) is 9.97 Å². The van der Waals surface area contributed by atoms with Gasteiger partial charge in [0, 0.05) is 25.1 Å². The highest BCUT2D eigenvalue weighted by Crippen LogP contribution is 2.20. The van der Waals surface area contributed by atoms with Gasteiger partial charge in [0.15, 0.2) is 11.5 Å². The lowest BCUT2D eigenvalue weighted by atomic mass is 9.98. The topological polar surface area (TPSA) is 62.5 Å². The molecule has 0 unspecified atom stereocenters. The molecular weight excluding hydrogens is 296 g/mol. The van der Waals surface area contributed by atoms with Crippen LogP contribution in [0.2, 0.25) is 0 Å². The SMILES string of the molecule is CCC(O)(CC)CNc1nc(Br)cn2ccnc12. The summed E-state index contributed by atoms with van der Waals surface area (Å²) >= 11 is 3.36. The van der Waals surface area contributed by atoms with E-state index in [4.69, 9.17) is 0 Å². The van der Waals surface area contributed by atoms with Gasteiger partial charge in [-0.05, 0) is 28.8 Å². The summed E-state index contributed by atoms with van der Waals surface area (Å²) in [5.41, 5.74) is 0.0564. The van der Waals surface area contributed by atoms with Crippen molar-refractivity contribution in [1.82, 2.24) is 14.4 Å². The van der Waals surface area contributed by atoms with Gasteiger partial charge in [-0.3, -0.25) is 0 Å². The minimum Gasteiger partial charge on any atom is -0.388 e. The first-order chi connectivity index (χ1) is 8.58. The largest absolute Gasteiger partial charge is 0.388 e. The fraction of sp³-hybridized carbons (Fsp3) is 0.500. The molecule has 0 aliphatic carbocycles. The molecular formula is C12H17BrN4O. The lowest BCUT2D eigenvalue weighted by molar-refractivity contribution is 0.0456. The van der Waals surface area contributed by atoms with E-state index >= 15 is 0 Å². The first-order valence-corrected chi connectivity index (χ1v) is 6.83. The van der Waals surface area contributed by atoms with Gasteiger partial charge in [0.25, 0.3) is 0 Å². The standard InChI is InChI=1S/C12H17BrN4O/c1-3-12(18,4-2)8-15-10-11-14-5-6-17(11)7-9(13)16-10/h5-7,18H,3-4,8H2,1-2H3,(H,15,16). The van der Waals surface area contributed by atoms with Gasteiger partial charge in [0.1, 0.15) is 4.60 Å². The van der Waals surface area contributed by atoms with E-state index in [1.807, 2.05) is 30.6 Å². The van der Waals surface area contributed by atoms with E-state index in [2.05, 4.69) is 31.2 Å². The number of aromatic nitrogens is 3. The molecule has 2 aromatic heterocycles. The predicted molar refractivity (Wildman–Crippen MR) is 74.7 cm³/mol. The van der Waals surface area contributed by atoms with Crippen molar-refractivity contribution in [2.75, 3.05) is 11.9 Å². The van der Waals surface area contributed by atoms with Crippen LogP contribution in [0, 0.1) is 0 Å². The second-order valence-electron chi connectivity index (χ2n) is 4.36. The monoisotopic (exact) mass is 312 g/mol. The number of hydrogen-bond acceptors (Lipinski definition) is 4. The molecule has 2 aromatic rings. The molecule has 0 spiro atoms. The third-order valence-corrected chi connectivity index (χ3v) is 3.63. The maximum Gasteiger partial charge on any atom is 0.180 e. The zero-order valence-corrected chi connectivity index (χ0v) is 12.1. The molecule has 0 aromatic carbocycles. The predicted octanol–water partition coefficient (Wildman–Crippen LogP) is 2.45. The number of halogens is 1. The Morgan fingerprint density at radius 1 is 1.44 bits per heavy atom. The van der Waals surface area contributed by atoms with E-state index in [-0.39, 0.29) is 0 Å². The van der Waals surface area contributed by atoms with Crippen LogP contribution in [-0.2, 0) is 0 Å². The van der Waals surface area contributed by atoms with Crippen molar-refractivity contribution in [1.29, 1.82) is 0 Å². The molecule has 5 nitrogen and oxygen atoms in total. The third kappa shape index (κ3) is 2.64. The van der Waals surface area contributed by atoms with Gasteiger partial charge in [-0.15, -0.1) is 0 Å². The maximum absolute atomic E-state index is 10.3. The van der Waals surface area contributed by atoms with E-state index in [0.717, 1.165) is 10.3 Å². The summed E-state index contributed by atoms with van der Waals surface area (Å²) in [5.74, 6) is 0.676. The molecule has 2 N–H and O–H groups in total. The highest BCUT2D eigenvalue weighted by Gasteiger charge is 2.22. The average Bonchev–Trinajstić information content (AvgIpc) is 2.83. The Labute approximate surface area is 114 Å². The average molecular weight is 313 g/mol. The number of anilines is 1. The Morgan fingerprint density at radius 2 is 2.17 bits per heavy atom. The zero-order valence-electron chi connectivity index (χ0n) is 10.5. The van der Waals surface area contributed by atoms with Gasteiger partial charge >= 0.3 is 0 Å². The van der Waals surface area contributed by atoms with E-state index in [1.54, 1.807) is 6.20 Å². The number of aliphatic hydroxyl groups is 1. The van der Waals surface area contributed by atoms with Crippen molar-refractivity contribution in [3.63, 3.8) is 0 Å². The normalized spacial score (nSPS) is 12.0. The molecule has 0 fully saturated rings. The van der Waals surface area contributed by atoms with Crippen LogP contribution in [0.25, 0.3) is 5.65 Å². The van der Waals surface area contributed by atoms with Crippen LogP contribution in [0.15, 0.2) is 23.2 Å². The van der Waals surface area contributed by atoms with Crippen LogP contribution >= 0.6 is 15.9 Å². The van der Waals surface area contributed by atoms with Crippen LogP contribution in [0.1, 0.15) is 26.7 Å². The first-order valence-electron chi connectivity index (χ1n) is 6.03. The summed E-state index contributed by atoms with van der Waals surface area (Å²) in [4.78, 5) is 8.60. The van der Waals surface area contributed by atoms with E-state index in [1.165, 1.54) is 0 Å². The number of nitrogens with zero attached hydrogens (tertiary/aromatic N) is 3. The Morgan fingerprint density at radius 3 is 2.83 bits per heavy atom. The number of imidazole rings is 1. The Kier molecular flexibility index (Phi) is 3.87. The molecule has 0 saturated carbocycles. The summed E-state index contributed by atoms with van der Waals surface area (Å²) in [6.45, 7) is 4.42. The molecule has 0 amide bonds. The number of fused-ring (bicyclic) bond motifs is 1. The van der Waals surface area contributed by atoms with E-state index in [9.17, 15) is 5.11 Å². The fourth-order valence-corrected chi connectivity index (χ4v) is 2.17. The number of nitrogens with one attached hydrogen (secondary N) is 1. The van der Waals surface area contributed by atoms with E-state index < -0.39 is 5.60 Å². The van der Waals surface area contributed by atoms with Crippen LogP contribution in [0.3, 0.4) is 0 Å². The lowest BCUT2D eigenvalue weighted by Crippen LogP contribution is -2.35. The molecule has 98 valence electrons. The smallest absolute Gasteiger partial charge is 0.180 e. The Balaban J connectivity index is 2.24. The summed E-state index contributed by atoms with van der Waals surface area (Å²) < 4.78 is 2.61. The molecule has 0 atom stereocenters. The van der Waals surface area contributed by atoms with Crippen molar-refractivity contribution in [2.24, 2.45) is 0 Å². The molecule has 0 aliphatic heterocycles. The Hall–Kier alpha value is -1.14. The second-order valence-corrected chi connectivity index (χ2v) is 5.17. The van der Waals surface area contributed by atoms with Gasteiger partial charge < -0.3 is 14.8 Å². The Bertz CT molecular complexity index is 536.